The lowest BCUT2D eigenvalue weighted by atomic mass is 9.95. The van der Waals surface area contributed by atoms with Crippen molar-refractivity contribution in [2.24, 2.45) is 0 Å². The Balaban J connectivity index is 1.59. The van der Waals surface area contributed by atoms with Gasteiger partial charge in [-0.15, -0.1) is 0 Å². The normalized spacial score (nSPS) is 20.2. The zero-order valence-electron chi connectivity index (χ0n) is 19.4. The van der Waals surface area contributed by atoms with Crippen LogP contribution in [0, 0.1) is 11.6 Å². The minimum Gasteiger partial charge on any atom is -0.388 e. The average molecular weight is 553 g/mol. The Morgan fingerprint density at radius 1 is 1.13 bits per heavy atom. The van der Waals surface area contributed by atoms with E-state index in [1.54, 1.807) is 7.05 Å². The number of fused-ring (bicyclic) bond motifs is 2. The second kappa shape index (κ2) is 8.84. The van der Waals surface area contributed by atoms with Crippen molar-refractivity contribution in [3.63, 3.8) is 0 Å². The summed E-state index contributed by atoms with van der Waals surface area (Å²) in [4.78, 5) is 26.8. The molecule has 3 amide bonds. The number of hydrogen-bond acceptors (Lipinski definition) is 4. The number of nitrogens with zero attached hydrogens (tertiary/aromatic N) is 1. The van der Waals surface area contributed by atoms with E-state index in [0.717, 1.165) is 24.3 Å². The highest BCUT2D eigenvalue weighted by Crippen LogP contribution is 2.49. The van der Waals surface area contributed by atoms with E-state index >= 15 is 0 Å². The third-order valence-electron chi connectivity index (χ3n) is 6.58. The number of aliphatic hydroxyl groups is 1. The van der Waals surface area contributed by atoms with Gasteiger partial charge in [0.25, 0.3) is 5.91 Å². The molecule has 0 aromatic heterocycles. The van der Waals surface area contributed by atoms with Crippen LogP contribution in [0.4, 0.5) is 43.8 Å². The van der Waals surface area contributed by atoms with E-state index < -0.39 is 53.5 Å². The first-order valence-corrected chi connectivity index (χ1v) is 11.5. The minimum atomic E-state index is -5.21. The summed E-state index contributed by atoms with van der Waals surface area (Å²) in [5, 5.41) is 18.6. The number of hydrogen-bond donors (Lipinski definition) is 4. The summed E-state index contributed by atoms with van der Waals surface area (Å²) in [6.07, 6.45) is -5.21. The molecule has 0 radical (unpaired) electrons. The fourth-order valence-electron chi connectivity index (χ4n) is 4.73. The van der Waals surface area contributed by atoms with Gasteiger partial charge in [-0.25, -0.2) is 13.6 Å². The summed E-state index contributed by atoms with van der Waals surface area (Å²) < 4.78 is 69.3. The van der Waals surface area contributed by atoms with Crippen molar-refractivity contribution in [3.05, 3.63) is 87.4 Å². The van der Waals surface area contributed by atoms with Crippen molar-refractivity contribution in [2.45, 2.75) is 17.8 Å². The topological polar surface area (TPSA) is 93.7 Å². The Bertz CT molecular complexity index is 1500. The molecule has 4 N–H and O–H groups in total. The fourth-order valence-corrected chi connectivity index (χ4v) is 4.96. The highest BCUT2D eigenvalue weighted by molar-refractivity contribution is 6.31. The number of alkyl halides is 3. The third kappa shape index (κ3) is 4.00. The third-order valence-corrected chi connectivity index (χ3v) is 6.93. The van der Waals surface area contributed by atoms with E-state index in [0.29, 0.717) is 16.7 Å². The molecule has 2 aliphatic heterocycles. The molecule has 3 aromatic rings. The molecule has 0 saturated heterocycles. The number of halogens is 6. The number of nitrogens with one attached hydrogen (secondary N) is 3. The van der Waals surface area contributed by atoms with Gasteiger partial charge >= 0.3 is 12.2 Å². The zero-order valence-corrected chi connectivity index (χ0v) is 20.1. The standard InChI is InChI=1S/C25H18ClF5N4O3/c1-32-13-8-15-20(21(34-22(15)36)14-6-11(27)2-4-17(14)26)18(9-13)33-23(37)35-10-24(38,25(29,30)31)16-7-12(28)3-5-19(16)35/h2-9,21,32,38H,10H2,1H3,(H,33,37)(H,34,36)/t21-,24-/m0/s1. The van der Waals surface area contributed by atoms with Crippen molar-refractivity contribution in [2.75, 3.05) is 29.1 Å². The summed E-state index contributed by atoms with van der Waals surface area (Å²) in [5.74, 6) is -2.20. The first-order chi connectivity index (χ1) is 17.8. The van der Waals surface area contributed by atoms with E-state index in [1.807, 2.05) is 0 Å². The number of benzene rings is 3. The van der Waals surface area contributed by atoms with Gasteiger partial charge in [-0.3, -0.25) is 9.69 Å². The van der Waals surface area contributed by atoms with Crippen molar-refractivity contribution in [1.82, 2.24) is 5.32 Å². The summed E-state index contributed by atoms with van der Waals surface area (Å²) in [7, 11) is 1.55. The molecule has 2 aliphatic rings. The van der Waals surface area contributed by atoms with Gasteiger partial charge in [-0.2, -0.15) is 13.2 Å². The molecular formula is C25H18ClF5N4O3. The molecule has 0 aliphatic carbocycles. The van der Waals surface area contributed by atoms with E-state index in [1.165, 1.54) is 18.2 Å². The van der Waals surface area contributed by atoms with Crippen LogP contribution in [0.1, 0.15) is 33.1 Å². The molecule has 0 spiro atoms. The van der Waals surface area contributed by atoms with Crippen molar-refractivity contribution in [3.8, 4) is 0 Å². The van der Waals surface area contributed by atoms with Gasteiger partial charge in [-0.05, 0) is 48.5 Å². The Hall–Kier alpha value is -3.90. The highest BCUT2D eigenvalue weighted by atomic mass is 35.5. The zero-order chi connectivity index (χ0) is 27.6. The van der Waals surface area contributed by atoms with Crippen LogP contribution in [-0.2, 0) is 5.60 Å². The van der Waals surface area contributed by atoms with Gasteiger partial charge < -0.3 is 21.1 Å². The van der Waals surface area contributed by atoms with E-state index in [9.17, 15) is 36.6 Å². The Morgan fingerprint density at radius 3 is 2.50 bits per heavy atom. The summed E-state index contributed by atoms with van der Waals surface area (Å²) in [6, 6.07) is 6.76. The summed E-state index contributed by atoms with van der Waals surface area (Å²) in [6.45, 7) is -1.23. The SMILES string of the molecule is CNc1cc(NC(=O)N2C[C@@](O)(C(F)(F)F)c3cc(F)ccc32)c2c(c1)C(=O)N[C@H]2c1cc(F)ccc1Cl. The van der Waals surface area contributed by atoms with Gasteiger partial charge in [0, 0.05) is 40.0 Å². The number of carbonyl (C=O) groups excluding carboxylic acids is 2. The van der Waals surface area contributed by atoms with Crippen LogP contribution < -0.4 is 20.9 Å². The molecule has 0 fully saturated rings. The van der Waals surface area contributed by atoms with Gasteiger partial charge in [0.1, 0.15) is 11.6 Å². The van der Waals surface area contributed by atoms with Crippen LogP contribution in [0.15, 0.2) is 48.5 Å². The molecule has 2 atom stereocenters. The minimum absolute atomic E-state index is 0.0200. The first kappa shape index (κ1) is 25.7. The lowest BCUT2D eigenvalue weighted by Gasteiger charge is -2.27. The lowest BCUT2D eigenvalue weighted by molar-refractivity contribution is -0.258. The maximum atomic E-state index is 14.0. The number of β-amino-alcohol motifs (C(OH)–C–C–N with tert-alkyl or cyclic N) is 1. The smallest absolute Gasteiger partial charge is 0.388 e. The highest BCUT2D eigenvalue weighted by Gasteiger charge is 2.61. The van der Waals surface area contributed by atoms with E-state index in [4.69, 9.17) is 11.6 Å². The summed E-state index contributed by atoms with van der Waals surface area (Å²) >= 11 is 6.26. The molecule has 198 valence electrons. The number of amides is 3. The number of carbonyl (C=O) groups is 2. The Kier molecular flexibility index (Phi) is 5.99. The predicted molar refractivity (Wildman–Crippen MR) is 129 cm³/mol. The first-order valence-electron chi connectivity index (χ1n) is 11.1. The molecule has 3 aromatic carbocycles. The molecule has 13 heteroatoms. The maximum absolute atomic E-state index is 14.0. The summed E-state index contributed by atoms with van der Waals surface area (Å²) in [5.41, 5.74) is -3.74. The van der Waals surface area contributed by atoms with Gasteiger partial charge in [0.2, 0.25) is 5.60 Å². The molecule has 0 bridgehead atoms. The quantitative estimate of drug-likeness (QED) is 0.332. The molecule has 5 rings (SSSR count). The largest absolute Gasteiger partial charge is 0.423 e. The van der Waals surface area contributed by atoms with E-state index in [-0.39, 0.29) is 33.1 Å². The van der Waals surface area contributed by atoms with Gasteiger partial charge in [0.15, 0.2) is 0 Å². The monoisotopic (exact) mass is 552 g/mol. The predicted octanol–water partition coefficient (Wildman–Crippen LogP) is 5.29. The van der Waals surface area contributed by atoms with Gasteiger partial charge in [-0.1, -0.05) is 11.6 Å². The molecule has 0 saturated carbocycles. The van der Waals surface area contributed by atoms with Crippen molar-refractivity contribution < 1.29 is 36.6 Å². The Morgan fingerprint density at radius 2 is 1.82 bits per heavy atom. The second-order valence-electron chi connectivity index (χ2n) is 8.84. The van der Waals surface area contributed by atoms with Crippen LogP contribution in [-0.4, -0.2) is 36.8 Å². The maximum Gasteiger partial charge on any atom is 0.423 e. The van der Waals surface area contributed by atoms with Crippen molar-refractivity contribution in [1.29, 1.82) is 0 Å². The molecule has 38 heavy (non-hydrogen) atoms. The van der Waals surface area contributed by atoms with Gasteiger partial charge in [0.05, 0.1) is 24.0 Å². The van der Waals surface area contributed by atoms with Crippen LogP contribution in [0.3, 0.4) is 0 Å². The molecule has 7 nitrogen and oxygen atoms in total. The molecule has 2 heterocycles. The fraction of sp³-hybridized carbons (Fsp3) is 0.200. The molecule has 0 unspecified atom stereocenters. The number of rotatable bonds is 3. The van der Waals surface area contributed by atoms with E-state index in [2.05, 4.69) is 16.0 Å². The van der Waals surface area contributed by atoms with Crippen LogP contribution in [0.2, 0.25) is 5.02 Å². The van der Waals surface area contributed by atoms with Crippen LogP contribution in [0.5, 0.6) is 0 Å². The Labute approximate surface area is 217 Å². The second-order valence-corrected chi connectivity index (χ2v) is 9.25. The van der Waals surface area contributed by atoms with Crippen LogP contribution in [0.25, 0.3) is 0 Å². The number of urea groups is 1. The average Bonchev–Trinajstić information content (AvgIpc) is 3.35. The lowest BCUT2D eigenvalue weighted by Crippen LogP contribution is -2.48. The van der Waals surface area contributed by atoms with Crippen molar-refractivity contribution >= 4 is 40.6 Å². The molecular weight excluding hydrogens is 535 g/mol. The van der Waals surface area contributed by atoms with Crippen LogP contribution >= 0.6 is 11.6 Å². The number of anilines is 3.